The van der Waals surface area contributed by atoms with Gasteiger partial charge in [-0.25, -0.2) is 15.2 Å². The number of nitrogens with zero attached hydrogens (tertiary/aromatic N) is 3. The largest absolute Gasteiger partial charge is 0.356 e. The van der Waals surface area contributed by atoms with Crippen molar-refractivity contribution in [1.29, 1.82) is 0 Å². The van der Waals surface area contributed by atoms with E-state index in [1.807, 2.05) is 6.92 Å². The maximum Gasteiger partial charge on any atom is 0.356 e. The number of rotatable bonds is 3. The molecule has 0 atom stereocenters. The van der Waals surface area contributed by atoms with E-state index in [1.165, 1.54) is 15.7 Å². The molecule has 0 bridgehead atoms. The molecule has 0 radical (unpaired) electrons. The highest BCUT2D eigenvalue weighted by Gasteiger charge is 2.11. The van der Waals surface area contributed by atoms with E-state index in [2.05, 4.69) is 39.7 Å². The number of hydrogen-bond donors (Lipinski definition) is 2. The Bertz CT molecular complexity index is 949. The van der Waals surface area contributed by atoms with Crippen LogP contribution in [0.2, 0.25) is 10.0 Å². The molecule has 0 spiro atoms. The Morgan fingerprint density at radius 1 is 1.04 bits per heavy atom. The molecule has 0 saturated heterocycles. The first-order chi connectivity index (χ1) is 12.0. The Morgan fingerprint density at radius 2 is 1.68 bits per heavy atom. The van der Waals surface area contributed by atoms with Gasteiger partial charge in [0.2, 0.25) is 5.95 Å². The summed E-state index contributed by atoms with van der Waals surface area (Å²) in [6.07, 6.45) is 0.534. The van der Waals surface area contributed by atoms with Crippen molar-refractivity contribution in [2.24, 2.45) is 5.84 Å². The zero-order valence-corrected chi connectivity index (χ0v) is 14.8. The molecule has 1 aromatic heterocycles. The lowest BCUT2D eigenvalue weighted by Crippen LogP contribution is -2.28. The van der Waals surface area contributed by atoms with E-state index in [4.69, 9.17) is 29.0 Å². The van der Waals surface area contributed by atoms with Crippen molar-refractivity contribution < 1.29 is 0 Å². The minimum Gasteiger partial charge on any atom is -0.292 e. The van der Waals surface area contributed by atoms with Crippen molar-refractivity contribution in [1.82, 2.24) is 14.5 Å². The third-order valence-electron chi connectivity index (χ3n) is 3.71. The number of nitrogen functional groups attached to an aromatic ring is 1. The summed E-state index contributed by atoms with van der Waals surface area (Å²) >= 11 is 11.8. The van der Waals surface area contributed by atoms with Crippen LogP contribution in [0.5, 0.6) is 0 Å². The summed E-state index contributed by atoms with van der Waals surface area (Å²) in [5, 5.41) is 0.770. The smallest absolute Gasteiger partial charge is 0.292 e. The summed E-state index contributed by atoms with van der Waals surface area (Å²) in [7, 11) is 0. The van der Waals surface area contributed by atoms with Crippen molar-refractivity contribution in [2.45, 2.75) is 13.3 Å². The van der Waals surface area contributed by atoms with Crippen LogP contribution in [0.3, 0.4) is 0 Å². The van der Waals surface area contributed by atoms with E-state index >= 15 is 0 Å². The number of nitrogens with two attached hydrogens (primary N) is 1. The third-order valence-corrected chi connectivity index (χ3v) is 4.45. The summed E-state index contributed by atoms with van der Waals surface area (Å²) in [6, 6.07) is 13.4. The summed E-state index contributed by atoms with van der Waals surface area (Å²) in [5.74, 6) is 5.81. The summed E-state index contributed by atoms with van der Waals surface area (Å²) in [5.41, 5.74) is 5.18. The van der Waals surface area contributed by atoms with E-state index in [0.717, 1.165) is 0 Å². The van der Waals surface area contributed by atoms with Crippen molar-refractivity contribution in [3.63, 3.8) is 0 Å². The number of hydrazine groups is 1. The van der Waals surface area contributed by atoms with Crippen LogP contribution < -0.4 is 17.0 Å². The number of fused-ring (bicyclic) bond motifs is 1. The number of aryl methyl sites for hydroxylation is 1. The predicted octanol–water partition coefficient (Wildman–Crippen LogP) is 3.45. The highest BCUT2D eigenvalue weighted by Crippen LogP contribution is 2.29. The molecule has 128 valence electrons. The second-order valence-electron chi connectivity index (χ2n) is 5.26. The van der Waals surface area contributed by atoms with Gasteiger partial charge >= 0.3 is 5.69 Å². The first kappa shape index (κ1) is 17.4. The van der Waals surface area contributed by atoms with Crippen LogP contribution in [0.1, 0.15) is 12.7 Å². The van der Waals surface area contributed by atoms with Crippen LogP contribution in [0.25, 0.3) is 16.8 Å². The van der Waals surface area contributed by atoms with Crippen LogP contribution >= 0.6 is 23.2 Å². The van der Waals surface area contributed by atoms with Crippen molar-refractivity contribution in [3.05, 3.63) is 68.8 Å². The Morgan fingerprint density at radius 3 is 2.12 bits per heavy atom. The average Bonchev–Trinajstić information content (AvgIpc) is 2.60. The number of aromatic nitrogens is 3. The summed E-state index contributed by atoms with van der Waals surface area (Å²) < 4.78 is 1.36. The molecule has 2 aliphatic carbocycles. The normalized spacial score (nSPS) is 10.7. The molecule has 0 amide bonds. The van der Waals surface area contributed by atoms with Gasteiger partial charge in [-0.2, -0.15) is 9.97 Å². The minimum absolute atomic E-state index is 0.0816. The molecule has 2 aromatic rings. The van der Waals surface area contributed by atoms with Crippen LogP contribution in [0.15, 0.2) is 47.3 Å². The summed E-state index contributed by atoms with van der Waals surface area (Å²) in [6.45, 7) is 1.87. The monoisotopic (exact) mass is 375 g/mol. The van der Waals surface area contributed by atoms with E-state index in [0.29, 0.717) is 28.0 Å². The fraction of sp³-hybridized carbons (Fsp3) is 0.118. The number of benzene rings is 2. The van der Waals surface area contributed by atoms with Crippen LogP contribution in [-0.4, -0.2) is 14.5 Å². The lowest BCUT2D eigenvalue weighted by atomic mass is 9.95. The fourth-order valence-electron chi connectivity index (χ4n) is 2.30. The van der Waals surface area contributed by atoms with Crippen LogP contribution in [0.4, 0.5) is 5.95 Å². The minimum atomic E-state index is -0.488. The van der Waals surface area contributed by atoms with Gasteiger partial charge in [0.15, 0.2) is 0 Å². The quantitative estimate of drug-likeness (QED) is 0.423. The second-order valence-corrected chi connectivity index (χ2v) is 6.07. The van der Waals surface area contributed by atoms with Crippen LogP contribution in [-0.2, 0) is 6.42 Å². The molecule has 4 rings (SSSR count). The molecular formula is C17H15Cl2N5O. The topological polar surface area (TPSA) is 85.8 Å². The lowest BCUT2D eigenvalue weighted by Gasteiger charge is -2.11. The first-order valence-corrected chi connectivity index (χ1v) is 8.31. The molecule has 6 nitrogen and oxygen atoms in total. The standard InChI is InChI=1S/C11H11Cl2N5O.C6H4/c1-2-9-15-10(17-14)16-11(19)18(9)6-3-4-7(12)8(13)5-6;1-2-6-4-3-5(1)6/h3-5H,2,14H2,1H3,(H,16,17,19);1-4H. The number of hydrogen-bond acceptors (Lipinski definition) is 5. The van der Waals surface area contributed by atoms with E-state index in [-0.39, 0.29) is 5.95 Å². The molecule has 2 aliphatic rings. The average molecular weight is 376 g/mol. The Kier molecular flexibility index (Phi) is 5.03. The zero-order chi connectivity index (χ0) is 18.0. The van der Waals surface area contributed by atoms with Gasteiger partial charge in [-0.1, -0.05) is 54.4 Å². The van der Waals surface area contributed by atoms with Crippen molar-refractivity contribution >= 4 is 29.2 Å². The molecule has 0 unspecified atom stereocenters. The fourth-order valence-corrected chi connectivity index (χ4v) is 2.59. The van der Waals surface area contributed by atoms with E-state index in [9.17, 15) is 4.79 Å². The Balaban J connectivity index is 0.000000250. The van der Waals surface area contributed by atoms with Crippen molar-refractivity contribution in [2.75, 3.05) is 5.43 Å². The second kappa shape index (κ2) is 7.23. The number of anilines is 1. The zero-order valence-electron chi connectivity index (χ0n) is 13.3. The number of nitrogens with one attached hydrogen (secondary N) is 1. The molecular weight excluding hydrogens is 361 g/mol. The van der Waals surface area contributed by atoms with Gasteiger partial charge in [-0.3, -0.25) is 5.43 Å². The Hall–Kier alpha value is -2.41. The maximum absolute atomic E-state index is 12.0. The third kappa shape index (κ3) is 3.51. The molecule has 3 N–H and O–H groups in total. The van der Waals surface area contributed by atoms with Gasteiger partial charge in [0.1, 0.15) is 5.82 Å². The van der Waals surface area contributed by atoms with Gasteiger partial charge in [-0.05, 0) is 29.3 Å². The van der Waals surface area contributed by atoms with Gasteiger partial charge in [0.25, 0.3) is 0 Å². The first-order valence-electron chi connectivity index (χ1n) is 7.56. The SMILES string of the molecule is CCc1nc(NN)nc(=O)n1-c1ccc(Cl)c(Cl)c1.c1cc2ccc1-2. The molecule has 0 aliphatic heterocycles. The van der Waals surface area contributed by atoms with Gasteiger partial charge in [0.05, 0.1) is 15.7 Å². The van der Waals surface area contributed by atoms with E-state index < -0.39 is 5.69 Å². The van der Waals surface area contributed by atoms with Gasteiger partial charge in [-0.15, -0.1) is 0 Å². The van der Waals surface area contributed by atoms with E-state index in [1.54, 1.807) is 18.2 Å². The molecule has 8 heteroatoms. The highest BCUT2D eigenvalue weighted by atomic mass is 35.5. The molecule has 0 saturated carbocycles. The molecule has 0 fully saturated rings. The predicted molar refractivity (Wildman–Crippen MR) is 100 cm³/mol. The maximum atomic E-state index is 12.0. The lowest BCUT2D eigenvalue weighted by molar-refractivity contribution is 0.770. The van der Waals surface area contributed by atoms with Gasteiger partial charge in [0, 0.05) is 6.42 Å². The molecule has 1 aromatic carbocycles. The highest BCUT2D eigenvalue weighted by molar-refractivity contribution is 6.42. The van der Waals surface area contributed by atoms with Crippen LogP contribution in [0, 0.1) is 0 Å². The summed E-state index contributed by atoms with van der Waals surface area (Å²) in [4.78, 5) is 19.9. The van der Waals surface area contributed by atoms with Gasteiger partial charge < -0.3 is 0 Å². The Labute approximate surface area is 154 Å². The molecule has 1 heterocycles. The molecule has 25 heavy (non-hydrogen) atoms. The number of halogens is 2. The van der Waals surface area contributed by atoms with Crippen molar-refractivity contribution in [3.8, 4) is 16.8 Å².